The average Bonchev–Trinajstić information content (AvgIpc) is 2.40. The number of fused-ring (bicyclic) bond motifs is 1. The largest absolute Gasteiger partial charge is 0.318 e. The zero-order valence-electron chi connectivity index (χ0n) is 10.8. The summed E-state index contributed by atoms with van der Waals surface area (Å²) in [4.78, 5) is 6.80. The van der Waals surface area contributed by atoms with Gasteiger partial charge in [-0.2, -0.15) is 0 Å². The minimum Gasteiger partial charge on any atom is -0.318 e. The van der Waals surface area contributed by atoms with Crippen molar-refractivity contribution in [2.45, 2.75) is 6.54 Å². The Kier molecular flexibility index (Phi) is 4.69. The van der Waals surface area contributed by atoms with Gasteiger partial charge < -0.3 is 10.2 Å². The molecule has 1 N–H and O–H groups in total. The Hall–Kier alpha value is -0.970. The van der Waals surface area contributed by atoms with Crippen LogP contribution in [0.4, 0.5) is 0 Å². The molecule has 0 spiro atoms. The third-order valence-electron chi connectivity index (χ3n) is 2.98. The fourth-order valence-corrected chi connectivity index (χ4v) is 2.45. The summed E-state index contributed by atoms with van der Waals surface area (Å²) in [6.07, 6.45) is 1.85. The Morgan fingerprint density at radius 3 is 2.94 bits per heavy atom. The van der Waals surface area contributed by atoms with Crippen LogP contribution < -0.4 is 5.32 Å². The molecular formula is C14H18BrN3. The third-order valence-corrected chi connectivity index (χ3v) is 3.68. The standard InChI is InChI=1S/C14H18BrN3/c1-16-8-9-18(2)10-11-5-6-13(15)12-4-3-7-17-14(11)12/h3-7,16H,8-10H2,1-2H3. The van der Waals surface area contributed by atoms with E-state index in [4.69, 9.17) is 0 Å². The van der Waals surface area contributed by atoms with Crippen LogP contribution in [0.2, 0.25) is 0 Å². The van der Waals surface area contributed by atoms with Crippen LogP contribution in [0.5, 0.6) is 0 Å². The second-order valence-corrected chi connectivity index (χ2v) is 5.30. The van der Waals surface area contributed by atoms with Crippen molar-refractivity contribution in [3.63, 3.8) is 0 Å². The van der Waals surface area contributed by atoms with Crippen molar-refractivity contribution in [3.05, 3.63) is 40.5 Å². The van der Waals surface area contributed by atoms with Gasteiger partial charge in [-0.25, -0.2) is 0 Å². The van der Waals surface area contributed by atoms with E-state index in [2.05, 4.69) is 56.4 Å². The number of aromatic nitrogens is 1. The molecule has 0 bridgehead atoms. The van der Waals surface area contributed by atoms with Crippen LogP contribution >= 0.6 is 15.9 Å². The molecule has 0 saturated carbocycles. The summed E-state index contributed by atoms with van der Waals surface area (Å²) >= 11 is 3.58. The SMILES string of the molecule is CNCCN(C)Cc1ccc(Br)c2cccnc12. The zero-order chi connectivity index (χ0) is 13.0. The predicted octanol–water partition coefficient (Wildman–Crippen LogP) is 2.65. The van der Waals surface area contributed by atoms with Gasteiger partial charge in [-0.1, -0.05) is 28.1 Å². The summed E-state index contributed by atoms with van der Waals surface area (Å²) < 4.78 is 1.10. The number of benzene rings is 1. The second-order valence-electron chi connectivity index (χ2n) is 4.45. The molecular weight excluding hydrogens is 290 g/mol. The van der Waals surface area contributed by atoms with Crippen LogP contribution in [0.25, 0.3) is 10.9 Å². The molecule has 0 radical (unpaired) electrons. The lowest BCUT2D eigenvalue weighted by molar-refractivity contribution is 0.329. The fourth-order valence-electron chi connectivity index (χ4n) is 2.00. The van der Waals surface area contributed by atoms with Gasteiger partial charge in [-0.3, -0.25) is 4.98 Å². The summed E-state index contributed by atoms with van der Waals surface area (Å²) in [7, 11) is 4.11. The van der Waals surface area contributed by atoms with E-state index in [0.717, 1.165) is 29.6 Å². The van der Waals surface area contributed by atoms with Crippen LogP contribution in [0.3, 0.4) is 0 Å². The fraction of sp³-hybridized carbons (Fsp3) is 0.357. The first-order valence-electron chi connectivity index (χ1n) is 6.07. The molecule has 0 aliphatic heterocycles. The van der Waals surface area contributed by atoms with Crippen molar-refractivity contribution >= 4 is 26.8 Å². The van der Waals surface area contributed by atoms with Gasteiger partial charge in [0.2, 0.25) is 0 Å². The second kappa shape index (κ2) is 6.27. The monoisotopic (exact) mass is 307 g/mol. The van der Waals surface area contributed by atoms with E-state index in [1.165, 1.54) is 10.9 Å². The van der Waals surface area contributed by atoms with E-state index < -0.39 is 0 Å². The van der Waals surface area contributed by atoms with Crippen molar-refractivity contribution < 1.29 is 0 Å². The summed E-state index contributed by atoms with van der Waals surface area (Å²) in [5.74, 6) is 0. The summed E-state index contributed by atoms with van der Waals surface area (Å²) in [5, 5.41) is 4.34. The molecule has 0 fully saturated rings. The lowest BCUT2D eigenvalue weighted by Gasteiger charge is -2.17. The molecule has 96 valence electrons. The van der Waals surface area contributed by atoms with E-state index >= 15 is 0 Å². The van der Waals surface area contributed by atoms with E-state index in [1.54, 1.807) is 0 Å². The Morgan fingerprint density at radius 2 is 2.17 bits per heavy atom. The van der Waals surface area contributed by atoms with Crippen LogP contribution in [0.15, 0.2) is 34.9 Å². The minimum absolute atomic E-state index is 0.919. The Balaban J connectivity index is 2.26. The molecule has 1 aromatic carbocycles. The molecule has 4 heteroatoms. The normalized spacial score (nSPS) is 11.3. The molecule has 0 aliphatic rings. The van der Waals surface area contributed by atoms with Crippen LogP contribution in [0, 0.1) is 0 Å². The number of pyridine rings is 1. The zero-order valence-corrected chi connectivity index (χ0v) is 12.4. The van der Waals surface area contributed by atoms with E-state index in [0.29, 0.717) is 0 Å². The van der Waals surface area contributed by atoms with Gasteiger partial charge in [0.05, 0.1) is 5.52 Å². The quantitative estimate of drug-likeness (QED) is 0.920. The number of halogens is 1. The number of hydrogen-bond acceptors (Lipinski definition) is 3. The van der Waals surface area contributed by atoms with E-state index in [9.17, 15) is 0 Å². The summed E-state index contributed by atoms with van der Waals surface area (Å²) in [5.41, 5.74) is 2.36. The van der Waals surface area contributed by atoms with Crippen LogP contribution in [0.1, 0.15) is 5.56 Å². The molecule has 1 aromatic heterocycles. The third kappa shape index (κ3) is 3.07. The van der Waals surface area contributed by atoms with Crippen molar-refractivity contribution in [1.29, 1.82) is 0 Å². The number of nitrogens with one attached hydrogen (secondary N) is 1. The number of likely N-dealkylation sites (N-methyl/N-ethyl adjacent to an activating group) is 2. The van der Waals surface area contributed by atoms with Gasteiger partial charge in [0.25, 0.3) is 0 Å². The Morgan fingerprint density at radius 1 is 1.33 bits per heavy atom. The molecule has 0 amide bonds. The van der Waals surface area contributed by atoms with Gasteiger partial charge in [-0.05, 0) is 31.8 Å². The highest BCUT2D eigenvalue weighted by atomic mass is 79.9. The number of hydrogen-bond donors (Lipinski definition) is 1. The maximum absolute atomic E-state index is 4.50. The molecule has 18 heavy (non-hydrogen) atoms. The highest BCUT2D eigenvalue weighted by molar-refractivity contribution is 9.10. The lowest BCUT2D eigenvalue weighted by Crippen LogP contribution is -2.27. The van der Waals surface area contributed by atoms with Crippen molar-refractivity contribution in [2.24, 2.45) is 0 Å². The van der Waals surface area contributed by atoms with Crippen molar-refractivity contribution in [3.8, 4) is 0 Å². The predicted molar refractivity (Wildman–Crippen MR) is 79.7 cm³/mol. The van der Waals surface area contributed by atoms with Gasteiger partial charge in [0, 0.05) is 35.7 Å². The van der Waals surface area contributed by atoms with E-state index in [-0.39, 0.29) is 0 Å². The molecule has 0 saturated heterocycles. The molecule has 3 nitrogen and oxygen atoms in total. The first-order chi connectivity index (χ1) is 8.72. The smallest absolute Gasteiger partial charge is 0.0758 e. The Labute approximate surface area is 116 Å². The first kappa shape index (κ1) is 13.5. The lowest BCUT2D eigenvalue weighted by atomic mass is 10.1. The highest BCUT2D eigenvalue weighted by Crippen LogP contribution is 2.25. The highest BCUT2D eigenvalue weighted by Gasteiger charge is 2.07. The van der Waals surface area contributed by atoms with E-state index in [1.807, 2.05) is 19.3 Å². The molecule has 0 atom stereocenters. The van der Waals surface area contributed by atoms with Gasteiger partial charge in [-0.15, -0.1) is 0 Å². The van der Waals surface area contributed by atoms with Gasteiger partial charge in [0.15, 0.2) is 0 Å². The first-order valence-corrected chi connectivity index (χ1v) is 6.87. The molecule has 2 rings (SSSR count). The summed E-state index contributed by atoms with van der Waals surface area (Å²) in [6.45, 7) is 2.95. The minimum atomic E-state index is 0.919. The molecule has 0 aliphatic carbocycles. The maximum Gasteiger partial charge on any atom is 0.0758 e. The molecule has 2 aromatic rings. The van der Waals surface area contributed by atoms with Crippen LogP contribution in [-0.2, 0) is 6.54 Å². The number of rotatable bonds is 5. The maximum atomic E-state index is 4.50. The molecule has 1 heterocycles. The Bertz CT molecular complexity index is 527. The topological polar surface area (TPSA) is 28.2 Å². The molecule has 0 unspecified atom stereocenters. The summed E-state index contributed by atoms with van der Waals surface area (Å²) in [6, 6.07) is 8.33. The van der Waals surface area contributed by atoms with Gasteiger partial charge >= 0.3 is 0 Å². The average molecular weight is 308 g/mol. The van der Waals surface area contributed by atoms with Crippen molar-refractivity contribution in [2.75, 3.05) is 27.2 Å². The van der Waals surface area contributed by atoms with Gasteiger partial charge in [0.1, 0.15) is 0 Å². The number of nitrogens with zero attached hydrogens (tertiary/aromatic N) is 2. The van der Waals surface area contributed by atoms with Crippen LogP contribution in [-0.4, -0.2) is 37.1 Å². The van der Waals surface area contributed by atoms with Crippen molar-refractivity contribution in [1.82, 2.24) is 15.2 Å².